The number of nitrogens with zero attached hydrogens (tertiary/aromatic N) is 6. The van der Waals surface area contributed by atoms with Gasteiger partial charge in [0.05, 0.1) is 42.5 Å². The summed E-state index contributed by atoms with van der Waals surface area (Å²) in [5, 5.41) is 7.88. The molecule has 0 spiro atoms. The van der Waals surface area contributed by atoms with Gasteiger partial charge in [-0.3, -0.25) is 24.6 Å². The number of carbonyl (C=O) groups excluding carboxylic acids is 2. The molecule has 1 aliphatic rings. The maximum Gasteiger partial charge on any atom is 0.272 e. The number of nitrogens with one attached hydrogen (secondary N) is 1. The Labute approximate surface area is 222 Å². The van der Waals surface area contributed by atoms with Crippen LogP contribution in [0.5, 0.6) is 5.75 Å². The van der Waals surface area contributed by atoms with Crippen molar-refractivity contribution in [2.75, 3.05) is 12.4 Å². The van der Waals surface area contributed by atoms with Crippen molar-refractivity contribution < 1.29 is 14.3 Å². The molecular weight excluding hydrogens is 514 g/mol. The Hall–Kier alpha value is -3.83. The van der Waals surface area contributed by atoms with E-state index >= 15 is 0 Å². The molecule has 2 amide bonds. The molecule has 0 saturated heterocycles. The Morgan fingerprint density at radius 2 is 1.97 bits per heavy atom. The van der Waals surface area contributed by atoms with E-state index in [1.54, 1.807) is 34.0 Å². The maximum atomic E-state index is 13.3. The molecule has 37 heavy (non-hydrogen) atoms. The van der Waals surface area contributed by atoms with Crippen LogP contribution in [0.4, 0.5) is 5.13 Å². The lowest BCUT2D eigenvalue weighted by atomic mass is 10.0. The minimum absolute atomic E-state index is 0.0786. The number of ether oxygens (including phenoxy) is 1. The van der Waals surface area contributed by atoms with Gasteiger partial charge in [-0.1, -0.05) is 22.9 Å². The molecule has 0 bridgehead atoms. The highest BCUT2D eigenvalue weighted by molar-refractivity contribution is 7.16. The van der Waals surface area contributed by atoms with E-state index < -0.39 is 0 Å². The van der Waals surface area contributed by atoms with Gasteiger partial charge in [-0.05, 0) is 39.0 Å². The van der Waals surface area contributed by atoms with E-state index in [4.69, 9.17) is 16.3 Å². The summed E-state index contributed by atoms with van der Waals surface area (Å²) in [7, 11) is 1.53. The zero-order valence-electron chi connectivity index (χ0n) is 20.6. The summed E-state index contributed by atoms with van der Waals surface area (Å²) < 4.78 is 7.16. The first-order chi connectivity index (χ1) is 17.7. The molecule has 0 saturated carbocycles. The van der Waals surface area contributed by atoms with Gasteiger partial charge >= 0.3 is 0 Å². The number of hydrogen-bond acceptors (Lipinski definition) is 8. The van der Waals surface area contributed by atoms with E-state index in [0.29, 0.717) is 46.4 Å². The summed E-state index contributed by atoms with van der Waals surface area (Å²) in [5.41, 5.74) is 3.65. The normalized spacial score (nSPS) is 12.6. The molecule has 1 N–H and O–H groups in total. The van der Waals surface area contributed by atoms with Crippen molar-refractivity contribution in [1.82, 2.24) is 29.6 Å². The highest BCUT2D eigenvalue weighted by Gasteiger charge is 2.30. The number of fused-ring (bicyclic) bond motifs is 1. The van der Waals surface area contributed by atoms with Crippen LogP contribution in [0, 0.1) is 6.92 Å². The molecule has 12 heteroatoms. The Morgan fingerprint density at radius 3 is 2.70 bits per heavy atom. The number of carbonyl (C=O) groups is 2. The molecule has 1 aliphatic heterocycles. The monoisotopic (exact) mass is 537 g/mol. The lowest BCUT2D eigenvalue weighted by Crippen LogP contribution is -2.28. The highest BCUT2D eigenvalue weighted by Crippen LogP contribution is 2.35. The smallest absolute Gasteiger partial charge is 0.272 e. The molecule has 0 atom stereocenters. The Bertz CT molecular complexity index is 1490. The van der Waals surface area contributed by atoms with Gasteiger partial charge in [0.1, 0.15) is 16.6 Å². The van der Waals surface area contributed by atoms with Crippen molar-refractivity contribution in [2.45, 2.75) is 39.9 Å². The van der Waals surface area contributed by atoms with Gasteiger partial charge in [-0.15, -0.1) is 0 Å². The van der Waals surface area contributed by atoms with E-state index in [2.05, 4.69) is 25.4 Å². The fourth-order valence-electron chi connectivity index (χ4n) is 4.21. The molecular formula is C25H24ClN7O3S. The van der Waals surface area contributed by atoms with Crippen molar-refractivity contribution in [3.63, 3.8) is 0 Å². The van der Waals surface area contributed by atoms with Gasteiger partial charge in [0.2, 0.25) is 0 Å². The van der Waals surface area contributed by atoms with E-state index in [1.165, 1.54) is 30.8 Å². The number of amides is 2. The SMILES string of the molecule is COc1cnc(Cl)cc1-c1cc(C)ncc1C(=O)Nc1nc2c(s1)CN(C(=O)c1ccnn1C(C)C)C2. The van der Waals surface area contributed by atoms with Crippen LogP contribution < -0.4 is 10.1 Å². The summed E-state index contributed by atoms with van der Waals surface area (Å²) >= 11 is 7.49. The first-order valence-electron chi connectivity index (χ1n) is 11.5. The number of thiazole rings is 1. The molecule has 5 rings (SSSR count). The van der Waals surface area contributed by atoms with Gasteiger partial charge < -0.3 is 9.64 Å². The second-order valence-corrected chi connectivity index (χ2v) is 10.3. The summed E-state index contributed by atoms with van der Waals surface area (Å²) in [5.74, 6) is 0.0295. The van der Waals surface area contributed by atoms with Crippen molar-refractivity contribution in [1.29, 1.82) is 0 Å². The van der Waals surface area contributed by atoms with Gasteiger partial charge in [-0.25, -0.2) is 9.97 Å². The predicted octanol–water partition coefficient (Wildman–Crippen LogP) is 4.76. The predicted molar refractivity (Wildman–Crippen MR) is 140 cm³/mol. The third kappa shape index (κ3) is 4.79. The van der Waals surface area contributed by atoms with Gasteiger partial charge in [0, 0.05) is 35.3 Å². The van der Waals surface area contributed by atoms with Crippen LogP contribution >= 0.6 is 22.9 Å². The van der Waals surface area contributed by atoms with Crippen LogP contribution in [-0.2, 0) is 13.1 Å². The Morgan fingerprint density at radius 1 is 1.16 bits per heavy atom. The van der Waals surface area contributed by atoms with Crippen LogP contribution in [0.3, 0.4) is 0 Å². The molecule has 0 aromatic carbocycles. The van der Waals surface area contributed by atoms with Gasteiger partial charge in [0.15, 0.2) is 5.13 Å². The number of rotatable bonds is 6. The molecule has 5 heterocycles. The topological polar surface area (TPSA) is 115 Å². The van der Waals surface area contributed by atoms with E-state index in [9.17, 15) is 9.59 Å². The van der Waals surface area contributed by atoms with Crippen molar-refractivity contribution in [3.8, 4) is 16.9 Å². The number of aromatic nitrogens is 5. The van der Waals surface area contributed by atoms with E-state index in [-0.39, 0.29) is 23.0 Å². The number of aryl methyl sites for hydroxylation is 1. The van der Waals surface area contributed by atoms with Crippen LogP contribution in [0.15, 0.2) is 36.8 Å². The lowest BCUT2D eigenvalue weighted by Gasteiger charge is -2.17. The van der Waals surface area contributed by atoms with Crippen LogP contribution in [0.1, 0.15) is 57.0 Å². The molecule has 10 nitrogen and oxygen atoms in total. The number of hydrogen-bond donors (Lipinski definition) is 1. The third-order valence-corrected chi connectivity index (χ3v) is 7.17. The van der Waals surface area contributed by atoms with Crippen LogP contribution in [0.25, 0.3) is 11.1 Å². The summed E-state index contributed by atoms with van der Waals surface area (Å²) in [6.07, 6.45) is 4.67. The van der Waals surface area contributed by atoms with E-state index in [0.717, 1.165) is 16.3 Å². The molecule has 0 aliphatic carbocycles. The average molecular weight is 538 g/mol. The quantitative estimate of drug-likeness (QED) is 0.353. The summed E-state index contributed by atoms with van der Waals surface area (Å²) in [6.45, 7) is 6.60. The minimum atomic E-state index is -0.362. The number of pyridine rings is 2. The standard InChI is InChI=1S/C25H24ClN7O3S/c1-13(2)33-19(5-6-29-33)24(35)32-11-18-21(12-32)37-25(30-18)31-23(34)17-9-27-14(3)7-15(17)16-8-22(26)28-10-20(16)36-4/h5-10,13H,11-12H2,1-4H3,(H,30,31,34). The Balaban J connectivity index is 1.35. The molecule has 4 aromatic heterocycles. The minimum Gasteiger partial charge on any atom is -0.494 e. The lowest BCUT2D eigenvalue weighted by molar-refractivity contribution is 0.0736. The summed E-state index contributed by atoms with van der Waals surface area (Å²) in [4.78, 5) is 42.0. The van der Waals surface area contributed by atoms with Crippen LogP contribution in [0.2, 0.25) is 5.15 Å². The third-order valence-electron chi connectivity index (χ3n) is 5.97. The first-order valence-corrected chi connectivity index (χ1v) is 12.7. The molecule has 4 aromatic rings. The number of methoxy groups -OCH3 is 1. The fraction of sp³-hybridized carbons (Fsp3) is 0.280. The van der Waals surface area contributed by atoms with Crippen molar-refractivity contribution in [3.05, 3.63) is 69.5 Å². The fourth-order valence-corrected chi connectivity index (χ4v) is 5.35. The molecule has 190 valence electrons. The highest BCUT2D eigenvalue weighted by atomic mass is 35.5. The largest absolute Gasteiger partial charge is 0.494 e. The van der Waals surface area contributed by atoms with Crippen molar-refractivity contribution >= 4 is 39.9 Å². The van der Waals surface area contributed by atoms with Crippen LogP contribution in [-0.4, -0.2) is 48.6 Å². The molecule has 0 radical (unpaired) electrons. The second-order valence-electron chi connectivity index (χ2n) is 8.84. The second kappa shape index (κ2) is 9.91. The number of halogens is 1. The van der Waals surface area contributed by atoms with Gasteiger partial charge in [-0.2, -0.15) is 5.10 Å². The maximum absolute atomic E-state index is 13.3. The van der Waals surface area contributed by atoms with E-state index in [1.807, 2.05) is 20.8 Å². The molecule has 0 fully saturated rings. The Kier molecular flexibility index (Phi) is 6.65. The first kappa shape index (κ1) is 24.8. The zero-order valence-corrected chi connectivity index (χ0v) is 22.2. The van der Waals surface area contributed by atoms with Crippen molar-refractivity contribution in [2.24, 2.45) is 0 Å². The molecule has 0 unspecified atom stereocenters. The number of anilines is 1. The summed E-state index contributed by atoms with van der Waals surface area (Å²) in [6, 6.07) is 5.26. The average Bonchev–Trinajstić information content (AvgIpc) is 3.59. The van der Waals surface area contributed by atoms with Gasteiger partial charge in [0.25, 0.3) is 11.8 Å². The zero-order chi connectivity index (χ0) is 26.3.